The molecule has 0 aliphatic heterocycles. The van der Waals surface area contributed by atoms with Gasteiger partial charge in [-0.25, -0.2) is 9.78 Å². The Morgan fingerprint density at radius 3 is 2.35 bits per heavy atom. The van der Waals surface area contributed by atoms with Gasteiger partial charge in [0, 0.05) is 17.0 Å². The summed E-state index contributed by atoms with van der Waals surface area (Å²) in [5, 5.41) is 3.64. The van der Waals surface area contributed by atoms with E-state index in [4.69, 9.17) is 14.5 Å². The van der Waals surface area contributed by atoms with Crippen molar-refractivity contribution in [1.29, 1.82) is 0 Å². The van der Waals surface area contributed by atoms with Gasteiger partial charge in [0.05, 0.1) is 24.4 Å². The van der Waals surface area contributed by atoms with Gasteiger partial charge in [0.25, 0.3) is 0 Å². The maximum absolute atomic E-state index is 13.0. The second kappa shape index (κ2) is 12.0. The van der Waals surface area contributed by atoms with E-state index in [-0.39, 0.29) is 6.61 Å². The fourth-order valence-corrected chi connectivity index (χ4v) is 5.95. The minimum absolute atomic E-state index is 0.279. The van der Waals surface area contributed by atoms with E-state index in [2.05, 4.69) is 11.0 Å². The van der Waals surface area contributed by atoms with Crippen LogP contribution in [0.1, 0.15) is 48.0 Å². The summed E-state index contributed by atoms with van der Waals surface area (Å²) in [6.45, 7) is 10.5. The highest BCUT2D eigenvalue weighted by Gasteiger charge is 2.32. The standard InChI is InChI=1S/C30H31F3N2O3S2/c1-6-37-28(36)29(4,5)38-25-14-9-21(16-19(25)2)17-35(18-24-8-7-15-39-24)27-20(3)34-26(40-27)22-10-12-23(13-11-22)30(31,32)33/h7-16H,6,17-18H2,1-5H3. The molecule has 0 bridgehead atoms. The number of nitrogens with zero attached hydrogens (tertiary/aromatic N) is 2. The number of carbonyl (C=O) groups is 1. The van der Waals surface area contributed by atoms with Crippen LogP contribution in [0.2, 0.25) is 0 Å². The van der Waals surface area contributed by atoms with Crippen molar-refractivity contribution < 1.29 is 27.4 Å². The van der Waals surface area contributed by atoms with Gasteiger partial charge < -0.3 is 14.4 Å². The van der Waals surface area contributed by atoms with Gasteiger partial charge in [0.15, 0.2) is 5.60 Å². The molecule has 0 amide bonds. The van der Waals surface area contributed by atoms with Crippen molar-refractivity contribution in [2.45, 2.75) is 59.5 Å². The van der Waals surface area contributed by atoms with Crippen molar-refractivity contribution in [3.8, 4) is 16.3 Å². The summed E-state index contributed by atoms with van der Waals surface area (Å²) in [5.41, 5.74) is 1.57. The van der Waals surface area contributed by atoms with Crippen molar-refractivity contribution in [1.82, 2.24) is 4.98 Å². The third-order valence-corrected chi connectivity index (χ3v) is 8.32. The fourth-order valence-electron chi connectivity index (χ4n) is 4.16. The molecule has 10 heteroatoms. The molecule has 4 rings (SSSR count). The Hall–Kier alpha value is -3.37. The number of carbonyl (C=O) groups excluding carboxylic acids is 1. The summed E-state index contributed by atoms with van der Waals surface area (Å²) >= 11 is 3.12. The number of esters is 1. The molecule has 2 heterocycles. The first-order valence-corrected chi connectivity index (χ1v) is 14.4. The molecular formula is C30H31F3N2O3S2. The third kappa shape index (κ3) is 7.03. The van der Waals surface area contributed by atoms with Crippen molar-refractivity contribution in [3.05, 3.63) is 87.2 Å². The largest absolute Gasteiger partial charge is 0.476 e. The lowest BCUT2D eigenvalue weighted by Crippen LogP contribution is -2.39. The highest BCUT2D eigenvalue weighted by Crippen LogP contribution is 2.38. The van der Waals surface area contributed by atoms with Crippen LogP contribution in [0.25, 0.3) is 10.6 Å². The number of alkyl halides is 3. The number of hydrogen-bond donors (Lipinski definition) is 0. The lowest BCUT2D eigenvalue weighted by molar-refractivity contribution is -0.158. The maximum Gasteiger partial charge on any atom is 0.416 e. The molecule has 0 fully saturated rings. The molecule has 0 radical (unpaired) electrons. The molecule has 40 heavy (non-hydrogen) atoms. The zero-order valence-corrected chi connectivity index (χ0v) is 24.6. The van der Waals surface area contributed by atoms with Gasteiger partial charge in [0.1, 0.15) is 15.8 Å². The second-order valence-electron chi connectivity index (χ2n) is 9.85. The second-order valence-corrected chi connectivity index (χ2v) is 11.9. The molecular weight excluding hydrogens is 557 g/mol. The number of anilines is 1. The average molecular weight is 589 g/mol. The van der Waals surface area contributed by atoms with Crippen molar-refractivity contribution in [2.75, 3.05) is 11.5 Å². The van der Waals surface area contributed by atoms with Gasteiger partial charge in [-0.1, -0.05) is 41.7 Å². The van der Waals surface area contributed by atoms with Crippen LogP contribution < -0.4 is 9.64 Å². The van der Waals surface area contributed by atoms with Gasteiger partial charge in [0.2, 0.25) is 0 Å². The minimum atomic E-state index is -4.38. The molecule has 0 spiro atoms. The van der Waals surface area contributed by atoms with E-state index in [1.165, 1.54) is 28.3 Å². The molecule has 0 aliphatic carbocycles. The maximum atomic E-state index is 13.0. The van der Waals surface area contributed by atoms with E-state index in [1.54, 1.807) is 32.1 Å². The molecule has 0 saturated heterocycles. The molecule has 2 aromatic heterocycles. The monoisotopic (exact) mass is 588 g/mol. The highest BCUT2D eigenvalue weighted by molar-refractivity contribution is 7.19. The molecule has 212 valence electrons. The smallest absolute Gasteiger partial charge is 0.416 e. The zero-order valence-electron chi connectivity index (χ0n) is 23.0. The van der Waals surface area contributed by atoms with Gasteiger partial charge in [-0.3, -0.25) is 0 Å². The number of thiazole rings is 1. The van der Waals surface area contributed by atoms with Crippen molar-refractivity contribution >= 4 is 33.6 Å². The van der Waals surface area contributed by atoms with E-state index < -0.39 is 23.3 Å². The third-order valence-electron chi connectivity index (χ3n) is 6.19. The summed E-state index contributed by atoms with van der Waals surface area (Å²) in [6, 6.07) is 15.1. The Kier molecular flexibility index (Phi) is 8.90. The summed E-state index contributed by atoms with van der Waals surface area (Å²) in [7, 11) is 0. The van der Waals surface area contributed by atoms with Gasteiger partial charge in [-0.15, -0.1) is 11.3 Å². The number of benzene rings is 2. The van der Waals surface area contributed by atoms with Crippen LogP contribution in [0.15, 0.2) is 60.0 Å². The summed E-state index contributed by atoms with van der Waals surface area (Å²) < 4.78 is 50.3. The number of thiophene rings is 1. The van der Waals surface area contributed by atoms with Gasteiger partial charge in [-0.05, 0) is 75.4 Å². The summed E-state index contributed by atoms with van der Waals surface area (Å²) in [4.78, 5) is 20.4. The summed E-state index contributed by atoms with van der Waals surface area (Å²) in [6.07, 6.45) is -4.38. The zero-order chi connectivity index (χ0) is 29.1. The van der Waals surface area contributed by atoms with Crippen LogP contribution in [0.5, 0.6) is 5.75 Å². The molecule has 0 N–H and O–H groups in total. The molecule has 5 nitrogen and oxygen atoms in total. The quantitative estimate of drug-likeness (QED) is 0.174. The number of ether oxygens (including phenoxy) is 2. The first-order valence-electron chi connectivity index (χ1n) is 12.8. The Morgan fingerprint density at radius 1 is 1.02 bits per heavy atom. The number of aromatic nitrogens is 1. The van der Waals surface area contributed by atoms with Crippen LogP contribution >= 0.6 is 22.7 Å². The Morgan fingerprint density at radius 2 is 1.75 bits per heavy atom. The number of rotatable bonds is 10. The van der Waals surface area contributed by atoms with Crippen LogP contribution in [0.3, 0.4) is 0 Å². The Balaban J connectivity index is 1.60. The molecule has 2 aromatic carbocycles. The number of halogens is 3. The van der Waals surface area contributed by atoms with Gasteiger partial charge in [-0.2, -0.15) is 13.2 Å². The molecule has 0 saturated carbocycles. The molecule has 0 aliphatic rings. The van der Waals surface area contributed by atoms with Crippen molar-refractivity contribution in [3.63, 3.8) is 0 Å². The van der Waals surface area contributed by atoms with Crippen LogP contribution in [0.4, 0.5) is 18.2 Å². The lowest BCUT2D eigenvalue weighted by atomic mass is 10.1. The molecule has 4 aromatic rings. The first-order chi connectivity index (χ1) is 18.9. The van der Waals surface area contributed by atoms with E-state index >= 15 is 0 Å². The molecule has 0 unspecified atom stereocenters. The topological polar surface area (TPSA) is 51.7 Å². The Bertz CT molecular complexity index is 1450. The highest BCUT2D eigenvalue weighted by atomic mass is 32.1. The minimum Gasteiger partial charge on any atom is -0.476 e. The normalized spacial score (nSPS) is 11.9. The number of aryl methyl sites for hydroxylation is 2. The predicted octanol–water partition coefficient (Wildman–Crippen LogP) is 8.43. The van der Waals surface area contributed by atoms with Crippen LogP contribution in [-0.2, 0) is 28.8 Å². The number of hydrogen-bond acceptors (Lipinski definition) is 7. The first kappa shape index (κ1) is 29.6. The van der Waals surface area contributed by atoms with Gasteiger partial charge >= 0.3 is 12.1 Å². The van der Waals surface area contributed by atoms with E-state index in [0.717, 1.165) is 34.0 Å². The SMILES string of the molecule is CCOC(=O)C(C)(C)Oc1ccc(CN(Cc2cccs2)c2sc(-c3ccc(C(F)(F)F)cc3)nc2C)cc1C. The van der Waals surface area contributed by atoms with E-state index in [9.17, 15) is 18.0 Å². The van der Waals surface area contributed by atoms with E-state index in [1.807, 2.05) is 43.5 Å². The van der Waals surface area contributed by atoms with E-state index in [0.29, 0.717) is 29.4 Å². The van der Waals surface area contributed by atoms with Crippen LogP contribution in [0, 0.1) is 13.8 Å². The fraction of sp³-hybridized carbons (Fsp3) is 0.333. The van der Waals surface area contributed by atoms with Crippen LogP contribution in [-0.4, -0.2) is 23.2 Å². The Labute approximate surface area is 240 Å². The van der Waals surface area contributed by atoms with Crippen molar-refractivity contribution in [2.24, 2.45) is 0 Å². The average Bonchev–Trinajstić information content (AvgIpc) is 3.54. The molecule has 0 atom stereocenters. The summed E-state index contributed by atoms with van der Waals surface area (Å²) in [5.74, 6) is 0.176. The lowest BCUT2D eigenvalue weighted by Gasteiger charge is -2.26. The predicted molar refractivity (Wildman–Crippen MR) is 154 cm³/mol.